The third-order valence-corrected chi connectivity index (χ3v) is 3.97. The summed E-state index contributed by atoms with van der Waals surface area (Å²) >= 11 is 0. The fourth-order valence-corrected chi connectivity index (χ4v) is 2.44. The van der Waals surface area contributed by atoms with Crippen LogP contribution in [-0.2, 0) is 11.2 Å². The third-order valence-electron chi connectivity index (χ3n) is 3.97. The maximum absolute atomic E-state index is 13.3. The van der Waals surface area contributed by atoms with Gasteiger partial charge in [-0.15, -0.1) is 0 Å². The van der Waals surface area contributed by atoms with E-state index in [1.807, 2.05) is 6.20 Å². The smallest absolute Gasteiger partial charge is 0.243 e. The average molecular weight is 361 g/mol. The van der Waals surface area contributed by atoms with E-state index in [0.29, 0.717) is 18.4 Å². The van der Waals surface area contributed by atoms with E-state index in [1.54, 1.807) is 20.2 Å². The van der Waals surface area contributed by atoms with E-state index < -0.39 is 0 Å². The van der Waals surface area contributed by atoms with Gasteiger partial charge in [0, 0.05) is 44.3 Å². The van der Waals surface area contributed by atoms with Crippen LogP contribution in [0.1, 0.15) is 19.4 Å². The molecule has 1 aromatic carbocycles. The topological polar surface area (TPSA) is 72.5 Å². The summed E-state index contributed by atoms with van der Waals surface area (Å²) in [5, 5.41) is 7.53. The lowest BCUT2D eigenvalue weighted by molar-refractivity contribution is -0.127. The Labute approximate surface area is 153 Å². The van der Waals surface area contributed by atoms with Crippen LogP contribution in [0, 0.1) is 11.7 Å². The molecule has 2 rings (SSSR count). The maximum Gasteiger partial charge on any atom is 0.243 e. The number of halogens is 1. The van der Waals surface area contributed by atoms with Crippen LogP contribution >= 0.6 is 0 Å². The highest BCUT2D eigenvalue weighted by Gasteiger charge is 2.07. The van der Waals surface area contributed by atoms with Crippen molar-refractivity contribution in [1.29, 1.82) is 0 Å². The molecule has 3 N–H and O–H groups in total. The minimum atomic E-state index is -0.248. The van der Waals surface area contributed by atoms with Crippen molar-refractivity contribution in [3.8, 4) is 0 Å². The lowest BCUT2D eigenvalue weighted by Crippen LogP contribution is -2.41. The standard InChI is InChI=1S/C19H28FN5O/c1-13(2)10-23-19(24-12-18(26)25(3)4)21-8-7-14-11-22-17-9-15(20)5-6-16(14)17/h5-6,9,11,13,22H,7-8,10,12H2,1-4H3,(H2,21,23,24). The number of aliphatic imine (C=N–C) groups is 1. The van der Waals surface area contributed by atoms with Crippen molar-refractivity contribution in [2.45, 2.75) is 20.3 Å². The third kappa shape index (κ3) is 5.75. The second-order valence-corrected chi connectivity index (χ2v) is 6.91. The van der Waals surface area contributed by atoms with Gasteiger partial charge in [0.15, 0.2) is 5.96 Å². The van der Waals surface area contributed by atoms with Gasteiger partial charge in [0.05, 0.1) is 0 Å². The predicted octanol–water partition coefficient (Wildman–Crippen LogP) is 2.13. The highest BCUT2D eigenvalue weighted by molar-refractivity contribution is 5.85. The van der Waals surface area contributed by atoms with Crippen LogP contribution in [0.2, 0.25) is 0 Å². The number of amides is 1. The van der Waals surface area contributed by atoms with Crippen molar-refractivity contribution >= 4 is 22.8 Å². The first kappa shape index (κ1) is 19.8. The number of fused-ring (bicyclic) bond motifs is 1. The lowest BCUT2D eigenvalue weighted by atomic mass is 10.1. The van der Waals surface area contributed by atoms with Crippen LogP contribution < -0.4 is 10.6 Å². The van der Waals surface area contributed by atoms with Crippen molar-refractivity contribution in [2.75, 3.05) is 33.7 Å². The highest BCUT2D eigenvalue weighted by atomic mass is 19.1. The van der Waals surface area contributed by atoms with Gasteiger partial charge in [0.1, 0.15) is 12.4 Å². The number of likely N-dealkylation sites (N-methyl/N-ethyl adjacent to an activating group) is 1. The number of carbonyl (C=O) groups is 1. The largest absolute Gasteiger partial charge is 0.361 e. The number of nitrogens with zero attached hydrogens (tertiary/aromatic N) is 2. The molecule has 0 saturated heterocycles. The van der Waals surface area contributed by atoms with Crippen LogP contribution in [-0.4, -0.2) is 55.5 Å². The van der Waals surface area contributed by atoms with Crippen molar-refractivity contribution in [3.63, 3.8) is 0 Å². The molecule has 0 aliphatic carbocycles. The summed E-state index contributed by atoms with van der Waals surface area (Å²) in [6, 6.07) is 4.76. The normalized spacial score (nSPS) is 11.8. The van der Waals surface area contributed by atoms with E-state index in [1.165, 1.54) is 17.0 Å². The molecule has 0 atom stereocenters. The zero-order valence-corrected chi connectivity index (χ0v) is 15.9. The molecular formula is C19H28FN5O. The second-order valence-electron chi connectivity index (χ2n) is 6.91. The summed E-state index contributed by atoms with van der Waals surface area (Å²) in [5.41, 5.74) is 1.91. The molecule has 26 heavy (non-hydrogen) atoms. The predicted molar refractivity (Wildman–Crippen MR) is 104 cm³/mol. The molecule has 6 nitrogen and oxygen atoms in total. The van der Waals surface area contributed by atoms with Gasteiger partial charge in [-0.05, 0) is 36.1 Å². The van der Waals surface area contributed by atoms with E-state index in [-0.39, 0.29) is 18.3 Å². The van der Waals surface area contributed by atoms with Crippen molar-refractivity contribution in [3.05, 3.63) is 35.8 Å². The Morgan fingerprint density at radius 1 is 1.31 bits per heavy atom. The number of aromatic nitrogens is 1. The molecule has 0 fully saturated rings. The monoisotopic (exact) mass is 361 g/mol. The zero-order valence-electron chi connectivity index (χ0n) is 15.9. The van der Waals surface area contributed by atoms with E-state index in [9.17, 15) is 9.18 Å². The molecule has 0 bridgehead atoms. The van der Waals surface area contributed by atoms with Gasteiger partial charge >= 0.3 is 0 Å². The van der Waals surface area contributed by atoms with Crippen LogP contribution in [0.25, 0.3) is 10.9 Å². The lowest BCUT2D eigenvalue weighted by Gasteiger charge is -2.15. The van der Waals surface area contributed by atoms with Crippen LogP contribution in [0.15, 0.2) is 29.4 Å². The summed E-state index contributed by atoms with van der Waals surface area (Å²) in [6.45, 7) is 5.76. The Morgan fingerprint density at radius 3 is 2.77 bits per heavy atom. The van der Waals surface area contributed by atoms with Crippen molar-refractivity contribution < 1.29 is 9.18 Å². The second kappa shape index (κ2) is 9.22. The Morgan fingerprint density at radius 2 is 2.08 bits per heavy atom. The van der Waals surface area contributed by atoms with Crippen molar-refractivity contribution in [1.82, 2.24) is 20.5 Å². The summed E-state index contributed by atoms with van der Waals surface area (Å²) in [7, 11) is 3.43. The van der Waals surface area contributed by atoms with Gasteiger partial charge in [0.25, 0.3) is 0 Å². The van der Waals surface area contributed by atoms with Gasteiger partial charge in [-0.25, -0.2) is 9.38 Å². The molecule has 0 spiro atoms. The molecule has 7 heteroatoms. The molecule has 1 aromatic heterocycles. The molecule has 0 unspecified atom stereocenters. The minimum absolute atomic E-state index is 0.0469. The van der Waals surface area contributed by atoms with Crippen LogP contribution in [0.3, 0.4) is 0 Å². The summed E-state index contributed by atoms with van der Waals surface area (Å²) < 4.78 is 13.3. The fraction of sp³-hybridized carbons (Fsp3) is 0.474. The van der Waals surface area contributed by atoms with E-state index >= 15 is 0 Å². The molecule has 0 radical (unpaired) electrons. The Kier molecular flexibility index (Phi) is 7.00. The molecule has 0 saturated carbocycles. The average Bonchev–Trinajstić information content (AvgIpc) is 2.98. The number of benzene rings is 1. The Bertz CT molecular complexity index is 766. The summed E-state index contributed by atoms with van der Waals surface area (Å²) in [5.74, 6) is 0.797. The van der Waals surface area contributed by atoms with E-state index in [4.69, 9.17) is 0 Å². The van der Waals surface area contributed by atoms with Gasteiger partial charge in [-0.3, -0.25) is 4.79 Å². The van der Waals surface area contributed by atoms with E-state index in [2.05, 4.69) is 34.5 Å². The first-order valence-electron chi connectivity index (χ1n) is 8.84. The number of rotatable bonds is 7. The SMILES string of the molecule is CC(C)CNC(=NCC(=O)N(C)C)NCCc1c[nH]c2cc(F)ccc12. The minimum Gasteiger partial charge on any atom is -0.361 e. The Balaban J connectivity index is 1.96. The molecule has 1 heterocycles. The fourth-order valence-electron chi connectivity index (χ4n) is 2.44. The van der Waals surface area contributed by atoms with Crippen LogP contribution in [0.4, 0.5) is 4.39 Å². The molecule has 2 aromatic rings. The van der Waals surface area contributed by atoms with Crippen molar-refractivity contribution in [2.24, 2.45) is 10.9 Å². The van der Waals surface area contributed by atoms with Gasteiger partial charge in [0.2, 0.25) is 5.91 Å². The highest BCUT2D eigenvalue weighted by Crippen LogP contribution is 2.19. The van der Waals surface area contributed by atoms with Crippen LogP contribution in [0.5, 0.6) is 0 Å². The van der Waals surface area contributed by atoms with Gasteiger partial charge in [-0.2, -0.15) is 0 Å². The quantitative estimate of drug-likeness (QED) is 0.523. The Hall–Kier alpha value is -2.57. The number of guanidine groups is 1. The number of aromatic amines is 1. The summed E-state index contributed by atoms with van der Waals surface area (Å²) in [4.78, 5) is 20.7. The van der Waals surface area contributed by atoms with Gasteiger partial charge < -0.3 is 20.5 Å². The molecule has 0 aliphatic heterocycles. The number of hydrogen-bond donors (Lipinski definition) is 3. The number of H-pyrrole nitrogens is 1. The number of hydrogen-bond acceptors (Lipinski definition) is 2. The number of carbonyl (C=O) groups excluding carboxylic acids is 1. The number of nitrogens with one attached hydrogen (secondary N) is 3. The molecular weight excluding hydrogens is 333 g/mol. The van der Waals surface area contributed by atoms with Gasteiger partial charge in [-0.1, -0.05) is 13.8 Å². The summed E-state index contributed by atoms with van der Waals surface area (Å²) in [6.07, 6.45) is 2.66. The zero-order chi connectivity index (χ0) is 19.1. The molecule has 0 aliphatic rings. The molecule has 142 valence electrons. The first-order chi connectivity index (χ1) is 12.4. The van der Waals surface area contributed by atoms with E-state index in [0.717, 1.165) is 29.4 Å². The first-order valence-corrected chi connectivity index (χ1v) is 8.84. The molecule has 1 amide bonds. The maximum atomic E-state index is 13.3.